The zero-order valence-corrected chi connectivity index (χ0v) is 19.5. The monoisotopic (exact) mass is 489 g/mol. The van der Waals surface area contributed by atoms with Crippen LogP contribution in [0.2, 0.25) is 0 Å². The molecule has 0 aliphatic carbocycles. The van der Waals surface area contributed by atoms with Crippen molar-refractivity contribution in [2.75, 3.05) is 5.75 Å². The lowest BCUT2D eigenvalue weighted by Gasteiger charge is -2.11. The van der Waals surface area contributed by atoms with E-state index in [0.29, 0.717) is 28.5 Å². The Morgan fingerprint density at radius 2 is 1.71 bits per heavy atom. The molecule has 0 saturated carbocycles. The maximum Gasteiger partial charge on any atom is 0.420 e. The lowest BCUT2D eigenvalue weighted by atomic mass is 10.0. The number of fused-ring (bicyclic) bond motifs is 1. The van der Waals surface area contributed by atoms with E-state index in [9.17, 15) is 21.6 Å². The molecule has 6 nitrogen and oxygen atoms in total. The minimum atomic E-state index is -4.57. The number of nitrogens with zero attached hydrogens (tertiary/aromatic N) is 3. The van der Waals surface area contributed by atoms with E-state index in [1.54, 1.807) is 43.3 Å². The van der Waals surface area contributed by atoms with Gasteiger partial charge in [-0.1, -0.05) is 39.0 Å². The lowest BCUT2D eigenvalue weighted by molar-refractivity contribution is -0.136. The Morgan fingerprint density at radius 1 is 1.03 bits per heavy atom. The highest BCUT2D eigenvalue weighted by atomic mass is 32.2. The number of sulfone groups is 1. The van der Waals surface area contributed by atoms with E-state index in [0.717, 1.165) is 12.3 Å². The summed E-state index contributed by atoms with van der Waals surface area (Å²) in [6, 6.07) is 13.9. The molecule has 2 aromatic heterocycles. The molecule has 178 valence electrons. The molecule has 2 heterocycles. The van der Waals surface area contributed by atoms with E-state index < -0.39 is 21.6 Å². The van der Waals surface area contributed by atoms with Gasteiger partial charge in [-0.3, -0.25) is 0 Å². The number of rotatable bonds is 6. The van der Waals surface area contributed by atoms with E-state index in [1.807, 2.05) is 13.8 Å². The lowest BCUT2D eigenvalue weighted by Crippen LogP contribution is -2.09. The van der Waals surface area contributed by atoms with Gasteiger partial charge >= 0.3 is 6.18 Å². The standard InChI is InChI=1S/C24H22F3N3O3S/c1-4-34(31,32)19-10-6-9-18(14-19)33-17-8-5-7-16(13-17)22-21(15(2)3)29-23-20(24(25,26)27)11-12-28-30(22)23/h5-15H,4H2,1-3H3. The molecule has 4 rings (SSSR count). The number of halogens is 3. The number of imidazole rings is 1. The molecular formula is C24H22F3N3O3S. The molecule has 0 N–H and O–H groups in total. The SMILES string of the molecule is CCS(=O)(=O)c1cccc(Oc2cccc(-c3c(C(C)C)nc4c(C(F)(F)F)ccnn34)c2)c1. The zero-order chi connectivity index (χ0) is 24.7. The molecule has 0 radical (unpaired) electrons. The highest BCUT2D eigenvalue weighted by molar-refractivity contribution is 7.91. The van der Waals surface area contributed by atoms with Crippen LogP contribution in [-0.4, -0.2) is 28.8 Å². The largest absolute Gasteiger partial charge is 0.457 e. The number of benzene rings is 2. The van der Waals surface area contributed by atoms with Crippen molar-refractivity contribution in [3.63, 3.8) is 0 Å². The Bertz CT molecular complexity index is 1460. The van der Waals surface area contributed by atoms with Crippen LogP contribution in [0.5, 0.6) is 11.5 Å². The van der Waals surface area contributed by atoms with Gasteiger partial charge in [0, 0.05) is 11.8 Å². The molecule has 0 atom stereocenters. The van der Waals surface area contributed by atoms with E-state index in [-0.39, 0.29) is 22.2 Å². The molecule has 10 heteroatoms. The summed E-state index contributed by atoms with van der Waals surface area (Å²) in [4.78, 5) is 4.44. The summed E-state index contributed by atoms with van der Waals surface area (Å²) < 4.78 is 72.2. The van der Waals surface area contributed by atoms with Gasteiger partial charge in [-0.15, -0.1) is 0 Å². The van der Waals surface area contributed by atoms with Crippen LogP contribution in [0.1, 0.15) is 37.9 Å². The van der Waals surface area contributed by atoms with Gasteiger partial charge in [0.05, 0.1) is 22.0 Å². The second-order valence-electron chi connectivity index (χ2n) is 7.99. The second kappa shape index (κ2) is 8.75. The molecular weight excluding hydrogens is 467 g/mol. The summed E-state index contributed by atoms with van der Waals surface area (Å²) in [7, 11) is -3.40. The average molecular weight is 490 g/mol. The predicted molar refractivity (Wildman–Crippen MR) is 122 cm³/mol. The van der Waals surface area contributed by atoms with Crippen LogP contribution < -0.4 is 4.74 Å². The molecule has 0 saturated heterocycles. The Hall–Kier alpha value is -3.40. The van der Waals surface area contributed by atoms with Gasteiger partial charge in [0.2, 0.25) is 0 Å². The Labute approximate surface area is 194 Å². The van der Waals surface area contributed by atoms with E-state index in [2.05, 4.69) is 10.1 Å². The van der Waals surface area contributed by atoms with Crippen molar-refractivity contribution < 1.29 is 26.3 Å². The van der Waals surface area contributed by atoms with Crippen molar-refractivity contribution in [2.45, 2.75) is 37.8 Å². The Balaban J connectivity index is 1.80. The fraction of sp³-hybridized carbons (Fsp3) is 0.250. The Kier molecular flexibility index (Phi) is 6.11. The van der Waals surface area contributed by atoms with Crippen LogP contribution in [0.3, 0.4) is 0 Å². The fourth-order valence-corrected chi connectivity index (χ4v) is 4.51. The molecule has 0 bridgehead atoms. The molecule has 0 amide bonds. The molecule has 0 aliphatic heterocycles. The first-order valence-corrected chi connectivity index (χ1v) is 12.2. The second-order valence-corrected chi connectivity index (χ2v) is 10.3. The van der Waals surface area contributed by atoms with Gasteiger partial charge in [0.25, 0.3) is 0 Å². The van der Waals surface area contributed by atoms with Crippen molar-refractivity contribution in [3.8, 4) is 22.8 Å². The fourth-order valence-electron chi connectivity index (χ4n) is 3.60. The predicted octanol–water partition coefficient (Wildman–Crippen LogP) is 6.12. The van der Waals surface area contributed by atoms with Gasteiger partial charge in [-0.05, 0) is 42.3 Å². The molecule has 2 aromatic carbocycles. The zero-order valence-electron chi connectivity index (χ0n) is 18.7. The first kappa shape index (κ1) is 23.7. The third-order valence-electron chi connectivity index (χ3n) is 5.29. The normalized spacial score (nSPS) is 12.4. The van der Waals surface area contributed by atoms with Crippen LogP contribution >= 0.6 is 0 Å². The van der Waals surface area contributed by atoms with Gasteiger partial charge < -0.3 is 4.74 Å². The summed E-state index contributed by atoms with van der Waals surface area (Å²) in [5.41, 5.74) is 0.341. The van der Waals surface area contributed by atoms with Crippen molar-refractivity contribution in [1.29, 1.82) is 0 Å². The number of hydrogen-bond acceptors (Lipinski definition) is 5. The van der Waals surface area contributed by atoms with Gasteiger partial charge in [0.15, 0.2) is 15.5 Å². The summed E-state index contributed by atoms with van der Waals surface area (Å²) >= 11 is 0. The van der Waals surface area contributed by atoms with Gasteiger partial charge in [0.1, 0.15) is 17.1 Å². The quantitative estimate of drug-likeness (QED) is 0.326. The van der Waals surface area contributed by atoms with Crippen LogP contribution in [0.25, 0.3) is 16.9 Å². The van der Waals surface area contributed by atoms with Crippen LogP contribution in [0.4, 0.5) is 13.2 Å². The van der Waals surface area contributed by atoms with Crippen LogP contribution in [0, 0.1) is 0 Å². The summed E-state index contributed by atoms with van der Waals surface area (Å²) in [5.74, 6) is 0.510. The van der Waals surface area contributed by atoms with Gasteiger partial charge in [-0.2, -0.15) is 18.3 Å². The third kappa shape index (κ3) is 4.50. The smallest absolute Gasteiger partial charge is 0.420 e. The first-order chi connectivity index (χ1) is 16.0. The third-order valence-corrected chi connectivity index (χ3v) is 7.02. The Morgan fingerprint density at radius 3 is 2.35 bits per heavy atom. The molecule has 4 aromatic rings. The van der Waals surface area contributed by atoms with Crippen molar-refractivity contribution in [2.24, 2.45) is 0 Å². The van der Waals surface area contributed by atoms with Crippen molar-refractivity contribution >= 4 is 15.5 Å². The van der Waals surface area contributed by atoms with Crippen molar-refractivity contribution in [3.05, 3.63) is 72.1 Å². The molecule has 0 fully saturated rings. The minimum Gasteiger partial charge on any atom is -0.457 e. The minimum absolute atomic E-state index is 0.0366. The average Bonchev–Trinajstić information content (AvgIpc) is 3.19. The molecule has 0 aliphatic rings. The van der Waals surface area contributed by atoms with E-state index >= 15 is 0 Å². The van der Waals surface area contributed by atoms with Gasteiger partial charge in [-0.25, -0.2) is 17.9 Å². The van der Waals surface area contributed by atoms with Crippen LogP contribution in [-0.2, 0) is 16.0 Å². The number of aromatic nitrogens is 3. The maximum absolute atomic E-state index is 13.6. The summed E-state index contributed by atoms with van der Waals surface area (Å²) in [6.07, 6.45) is -3.47. The summed E-state index contributed by atoms with van der Waals surface area (Å²) in [5, 5.41) is 4.14. The topological polar surface area (TPSA) is 73.6 Å². The van der Waals surface area contributed by atoms with E-state index in [1.165, 1.54) is 16.6 Å². The summed E-state index contributed by atoms with van der Waals surface area (Å²) in [6.45, 7) is 5.25. The molecule has 34 heavy (non-hydrogen) atoms. The van der Waals surface area contributed by atoms with Crippen LogP contribution in [0.15, 0.2) is 65.7 Å². The highest BCUT2D eigenvalue weighted by Gasteiger charge is 2.35. The highest BCUT2D eigenvalue weighted by Crippen LogP contribution is 2.37. The maximum atomic E-state index is 13.6. The number of hydrogen-bond donors (Lipinski definition) is 0. The molecule has 0 spiro atoms. The van der Waals surface area contributed by atoms with E-state index in [4.69, 9.17) is 4.74 Å². The van der Waals surface area contributed by atoms with Crippen molar-refractivity contribution in [1.82, 2.24) is 14.6 Å². The first-order valence-electron chi connectivity index (χ1n) is 10.6. The molecule has 0 unspecified atom stereocenters. The number of alkyl halides is 3. The number of ether oxygens (including phenoxy) is 1.